The summed E-state index contributed by atoms with van der Waals surface area (Å²) in [6.07, 6.45) is 0. The maximum absolute atomic E-state index is 10.4. The molecule has 0 aromatic rings. The van der Waals surface area contributed by atoms with Crippen molar-refractivity contribution >= 4 is 18.4 Å². The van der Waals surface area contributed by atoms with Crippen LogP contribution >= 0.6 is 12.4 Å². The molecule has 0 unspecified atom stereocenters. The van der Waals surface area contributed by atoms with Gasteiger partial charge in [0, 0.05) is 39.8 Å². The zero-order valence-corrected chi connectivity index (χ0v) is 9.83. The highest BCUT2D eigenvalue weighted by Gasteiger charge is 2.17. The summed E-state index contributed by atoms with van der Waals surface area (Å²) in [7, 11) is 1.70. The number of carboxylic acids is 1. The minimum absolute atomic E-state index is 0. The first-order chi connectivity index (χ1) is 6.72. The van der Waals surface area contributed by atoms with Crippen molar-refractivity contribution in [2.45, 2.75) is 0 Å². The second-order valence-corrected chi connectivity index (χ2v) is 3.50. The van der Waals surface area contributed by atoms with Gasteiger partial charge in [-0.05, 0) is 0 Å². The summed E-state index contributed by atoms with van der Waals surface area (Å²) in [5, 5.41) is 8.60. The Morgan fingerprint density at radius 1 is 1.27 bits per heavy atom. The maximum Gasteiger partial charge on any atom is 0.317 e. The van der Waals surface area contributed by atoms with Crippen molar-refractivity contribution in [3.05, 3.63) is 0 Å². The highest BCUT2D eigenvalue weighted by molar-refractivity contribution is 5.85. The van der Waals surface area contributed by atoms with E-state index in [4.69, 9.17) is 9.84 Å². The summed E-state index contributed by atoms with van der Waals surface area (Å²) in [6, 6.07) is 0. The molecule has 1 fully saturated rings. The lowest BCUT2D eigenvalue weighted by atomic mass is 10.3. The Morgan fingerprint density at radius 2 is 1.80 bits per heavy atom. The van der Waals surface area contributed by atoms with Gasteiger partial charge in [-0.1, -0.05) is 0 Å². The van der Waals surface area contributed by atoms with Crippen LogP contribution in [0.3, 0.4) is 0 Å². The fraction of sp³-hybridized carbons (Fsp3) is 0.889. The standard InChI is InChI=1S/C9H18N2O3.ClH/c1-14-7-6-10-2-4-11(5-3-10)8-9(12)13;/h2-8H2,1H3,(H,12,13);1H. The molecule has 1 rings (SSSR count). The second-order valence-electron chi connectivity index (χ2n) is 3.50. The zero-order chi connectivity index (χ0) is 10.4. The van der Waals surface area contributed by atoms with Crippen molar-refractivity contribution in [3.8, 4) is 0 Å². The van der Waals surface area contributed by atoms with Gasteiger partial charge in [-0.2, -0.15) is 0 Å². The highest BCUT2D eigenvalue weighted by Crippen LogP contribution is 2.00. The van der Waals surface area contributed by atoms with Gasteiger partial charge < -0.3 is 9.84 Å². The van der Waals surface area contributed by atoms with E-state index in [-0.39, 0.29) is 19.0 Å². The number of methoxy groups -OCH3 is 1. The topological polar surface area (TPSA) is 53.0 Å². The Labute approximate surface area is 96.4 Å². The summed E-state index contributed by atoms with van der Waals surface area (Å²) >= 11 is 0. The summed E-state index contributed by atoms with van der Waals surface area (Å²) < 4.78 is 4.99. The van der Waals surface area contributed by atoms with Crippen LogP contribution in [-0.2, 0) is 9.53 Å². The molecule has 0 atom stereocenters. The molecule has 1 aliphatic rings. The van der Waals surface area contributed by atoms with Gasteiger partial charge >= 0.3 is 5.97 Å². The molecule has 0 bridgehead atoms. The number of rotatable bonds is 5. The molecule has 0 saturated carbocycles. The van der Waals surface area contributed by atoms with E-state index < -0.39 is 5.97 Å². The van der Waals surface area contributed by atoms with E-state index in [0.29, 0.717) is 0 Å². The van der Waals surface area contributed by atoms with Gasteiger partial charge in [0.15, 0.2) is 0 Å². The number of halogens is 1. The number of carboxylic acid groups (broad SMARTS) is 1. The summed E-state index contributed by atoms with van der Waals surface area (Å²) in [5.74, 6) is -0.740. The Kier molecular flexibility index (Phi) is 7.68. The molecule has 5 nitrogen and oxygen atoms in total. The highest BCUT2D eigenvalue weighted by atomic mass is 35.5. The Hall–Kier alpha value is -0.360. The Morgan fingerprint density at radius 3 is 2.27 bits per heavy atom. The molecule has 1 heterocycles. The average Bonchev–Trinajstić information content (AvgIpc) is 2.16. The monoisotopic (exact) mass is 238 g/mol. The Balaban J connectivity index is 0.00000196. The quantitative estimate of drug-likeness (QED) is 0.717. The van der Waals surface area contributed by atoms with E-state index in [2.05, 4.69) is 4.90 Å². The van der Waals surface area contributed by atoms with Gasteiger partial charge in [0.1, 0.15) is 0 Å². The van der Waals surface area contributed by atoms with Crippen LogP contribution in [-0.4, -0.2) is 73.9 Å². The lowest BCUT2D eigenvalue weighted by Gasteiger charge is -2.33. The van der Waals surface area contributed by atoms with Gasteiger partial charge in [-0.25, -0.2) is 0 Å². The van der Waals surface area contributed by atoms with Gasteiger partial charge in [0.25, 0.3) is 0 Å². The fourth-order valence-electron chi connectivity index (χ4n) is 1.58. The van der Waals surface area contributed by atoms with E-state index >= 15 is 0 Å². The molecule has 0 aliphatic carbocycles. The summed E-state index contributed by atoms with van der Waals surface area (Å²) in [4.78, 5) is 14.7. The second kappa shape index (κ2) is 7.87. The first-order valence-corrected chi connectivity index (χ1v) is 4.88. The number of nitrogens with zero attached hydrogens (tertiary/aromatic N) is 2. The number of ether oxygens (including phenoxy) is 1. The van der Waals surface area contributed by atoms with E-state index in [0.717, 1.165) is 39.3 Å². The molecule has 0 aromatic carbocycles. The van der Waals surface area contributed by atoms with Crippen LogP contribution in [0.15, 0.2) is 0 Å². The molecule has 1 N–H and O–H groups in total. The van der Waals surface area contributed by atoms with Crippen LogP contribution in [0.4, 0.5) is 0 Å². The molecule has 15 heavy (non-hydrogen) atoms. The minimum atomic E-state index is -0.740. The number of aliphatic carboxylic acids is 1. The van der Waals surface area contributed by atoms with E-state index in [1.165, 1.54) is 0 Å². The molecule has 0 aromatic heterocycles. The summed E-state index contributed by atoms with van der Waals surface area (Å²) in [6.45, 7) is 5.42. The predicted octanol–water partition coefficient (Wildman–Crippen LogP) is -0.243. The number of piperazine rings is 1. The van der Waals surface area contributed by atoms with E-state index in [1.54, 1.807) is 7.11 Å². The molecule has 90 valence electrons. The van der Waals surface area contributed by atoms with Gasteiger partial charge in [-0.15, -0.1) is 12.4 Å². The van der Waals surface area contributed by atoms with Crippen LogP contribution in [0.5, 0.6) is 0 Å². The molecule has 0 spiro atoms. The van der Waals surface area contributed by atoms with Gasteiger partial charge in [-0.3, -0.25) is 14.6 Å². The van der Waals surface area contributed by atoms with Crippen molar-refractivity contribution in [3.63, 3.8) is 0 Å². The molecule has 1 aliphatic heterocycles. The van der Waals surface area contributed by atoms with Crippen LogP contribution in [0.2, 0.25) is 0 Å². The number of carbonyl (C=O) groups is 1. The van der Waals surface area contributed by atoms with Gasteiger partial charge in [0.2, 0.25) is 0 Å². The first kappa shape index (κ1) is 14.6. The average molecular weight is 239 g/mol. The third-order valence-electron chi connectivity index (χ3n) is 2.44. The molecule has 6 heteroatoms. The molecule has 1 saturated heterocycles. The van der Waals surface area contributed by atoms with Crippen LogP contribution in [0.25, 0.3) is 0 Å². The predicted molar refractivity (Wildman–Crippen MR) is 59.6 cm³/mol. The Bertz CT molecular complexity index is 184. The third-order valence-corrected chi connectivity index (χ3v) is 2.44. The molecular formula is C9H19ClN2O3. The van der Waals surface area contributed by atoms with Crippen LogP contribution in [0, 0.1) is 0 Å². The smallest absolute Gasteiger partial charge is 0.317 e. The third kappa shape index (κ3) is 5.94. The SMILES string of the molecule is COCCN1CCN(CC(=O)O)CC1.Cl. The molecular weight excluding hydrogens is 220 g/mol. The summed E-state index contributed by atoms with van der Waals surface area (Å²) in [5.41, 5.74) is 0. The van der Waals surface area contributed by atoms with Crippen LogP contribution in [0.1, 0.15) is 0 Å². The van der Waals surface area contributed by atoms with Crippen molar-refractivity contribution in [1.29, 1.82) is 0 Å². The van der Waals surface area contributed by atoms with E-state index in [9.17, 15) is 4.79 Å². The van der Waals surface area contributed by atoms with Crippen molar-refractivity contribution < 1.29 is 14.6 Å². The lowest BCUT2D eigenvalue weighted by Crippen LogP contribution is -2.48. The molecule has 0 amide bonds. The van der Waals surface area contributed by atoms with Crippen molar-refractivity contribution in [2.75, 3.05) is 53.0 Å². The number of hydrogen-bond donors (Lipinski definition) is 1. The first-order valence-electron chi connectivity index (χ1n) is 4.88. The lowest BCUT2D eigenvalue weighted by molar-refractivity contribution is -0.138. The van der Waals surface area contributed by atoms with Gasteiger partial charge in [0.05, 0.1) is 13.2 Å². The molecule has 0 radical (unpaired) electrons. The number of hydrogen-bond acceptors (Lipinski definition) is 4. The largest absolute Gasteiger partial charge is 0.480 e. The normalized spacial score (nSPS) is 18.5. The van der Waals surface area contributed by atoms with Crippen molar-refractivity contribution in [2.24, 2.45) is 0 Å². The fourth-order valence-corrected chi connectivity index (χ4v) is 1.58. The zero-order valence-electron chi connectivity index (χ0n) is 9.02. The maximum atomic E-state index is 10.4. The van der Waals surface area contributed by atoms with Crippen LogP contribution < -0.4 is 0 Å². The van der Waals surface area contributed by atoms with E-state index in [1.807, 2.05) is 4.90 Å². The van der Waals surface area contributed by atoms with Crippen molar-refractivity contribution in [1.82, 2.24) is 9.80 Å². The minimum Gasteiger partial charge on any atom is -0.480 e.